The van der Waals surface area contributed by atoms with Crippen LogP contribution < -0.4 is 4.90 Å². The molecule has 7 heteroatoms. The van der Waals surface area contributed by atoms with Crippen molar-refractivity contribution >= 4 is 52.6 Å². The summed E-state index contributed by atoms with van der Waals surface area (Å²) in [7, 11) is 0. The van der Waals surface area contributed by atoms with Gasteiger partial charge in [0.2, 0.25) is 0 Å². The van der Waals surface area contributed by atoms with E-state index in [0.29, 0.717) is 27.4 Å². The van der Waals surface area contributed by atoms with Gasteiger partial charge in [-0.1, -0.05) is 23.2 Å². The maximum atomic E-state index is 12.2. The van der Waals surface area contributed by atoms with E-state index in [-0.39, 0.29) is 18.0 Å². The van der Waals surface area contributed by atoms with Gasteiger partial charge in [-0.3, -0.25) is 4.79 Å². The number of anilines is 1. The fraction of sp³-hybridized carbons (Fsp3) is 0.273. The molecule has 2 aliphatic heterocycles. The van der Waals surface area contributed by atoms with Crippen LogP contribution in [0.3, 0.4) is 0 Å². The first-order valence-electron chi connectivity index (χ1n) is 5.27. The zero-order chi connectivity index (χ0) is 12.9. The van der Waals surface area contributed by atoms with Crippen molar-refractivity contribution in [2.75, 3.05) is 16.5 Å². The number of imide groups is 1. The van der Waals surface area contributed by atoms with Crippen LogP contribution in [-0.2, 0) is 4.79 Å². The number of benzene rings is 1. The van der Waals surface area contributed by atoms with Crippen molar-refractivity contribution in [3.63, 3.8) is 0 Å². The van der Waals surface area contributed by atoms with E-state index in [1.807, 2.05) is 0 Å². The molecule has 2 aliphatic rings. The Labute approximate surface area is 118 Å². The summed E-state index contributed by atoms with van der Waals surface area (Å²) >= 11 is 13.3. The molecule has 0 bridgehead atoms. The van der Waals surface area contributed by atoms with E-state index in [9.17, 15) is 9.59 Å². The van der Waals surface area contributed by atoms with Gasteiger partial charge >= 0.3 is 6.03 Å². The summed E-state index contributed by atoms with van der Waals surface area (Å²) in [6.45, 7) is 0. The van der Waals surface area contributed by atoms with Crippen LogP contribution in [0.4, 0.5) is 10.5 Å². The van der Waals surface area contributed by atoms with E-state index in [4.69, 9.17) is 23.2 Å². The fourth-order valence-corrected chi connectivity index (χ4v) is 3.50. The highest BCUT2D eigenvalue weighted by Gasteiger charge is 2.48. The SMILES string of the molecule is O=C1[C@H]2CSCN2C(=O)N1c1ccc(Cl)c(Cl)c1. The summed E-state index contributed by atoms with van der Waals surface area (Å²) in [6, 6.07) is 4.12. The third kappa shape index (κ3) is 1.69. The number of hydrogen-bond donors (Lipinski definition) is 0. The van der Waals surface area contributed by atoms with Crippen LogP contribution in [-0.4, -0.2) is 34.5 Å². The monoisotopic (exact) mass is 302 g/mol. The lowest BCUT2D eigenvalue weighted by molar-refractivity contribution is -0.118. The largest absolute Gasteiger partial charge is 0.332 e. The second-order valence-electron chi connectivity index (χ2n) is 4.04. The van der Waals surface area contributed by atoms with Gasteiger partial charge in [0, 0.05) is 5.75 Å². The molecule has 1 atom stereocenters. The van der Waals surface area contributed by atoms with Crippen molar-refractivity contribution in [2.45, 2.75) is 6.04 Å². The van der Waals surface area contributed by atoms with Crippen LogP contribution in [0.1, 0.15) is 0 Å². The third-order valence-corrected chi connectivity index (χ3v) is 4.74. The summed E-state index contributed by atoms with van der Waals surface area (Å²) in [5.74, 6) is 1.03. The Bertz CT molecular complexity index is 530. The summed E-state index contributed by atoms with van der Waals surface area (Å²) in [6.07, 6.45) is 0. The third-order valence-electron chi connectivity index (χ3n) is 2.99. The van der Waals surface area contributed by atoms with E-state index in [1.165, 1.54) is 11.0 Å². The molecule has 4 nitrogen and oxygen atoms in total. The minimum atomic E-state index is -0.336. The van der Waals surface area contributed by atoms with Crippen molar-refractivity contribution in [1.29, 1.82) is 0 Å². The molecule has 94 valence electrons. The molecule has 2 heterocycles. The second-order valence-corrected chi connectivity index (χ2v) is 5.85. The topological polar surface area (TPSA) is 40.6 Å². The number of rotatable bonds is 1. The standard InChI is InChI=1S/C11H8Cl2N2O2S/c12-7-2-1-6(3-8(7)13)15-10(16)9-4-18-5-14(9)11(15)17/h1-3,9H,4-5H2/t9-/m1/s1. The molecule has 0 unspecified atom stereocenters. The molecule has 3 amide bonds. The van der Waals surface area contributed by atoms with Crippen molar-refractivity contribution < 1.29 is 9.59 Å². The van der Waals surface area contributed by atoms with E-state index in [0.717, 1.165) is 0 Å². The van der Waals surface area contributed by atoms with Crippen LogP contribution in [0, 0.1) is 0 Å². The number of carbonyl (C=O) groups excluding carboxylic acids is 2. The Balaban J connectivity index is 1.99. The number of fused-ring (bicyclic) bond motifs is 1. The number of halogens is 2. The van der Waals surface area contributed by atoms with Gasteiger partial charge in [0.15, 0.2) is 0 Å². The minimum absolute atomic E-state index is 0.191. The number of urea groups is 1. The summed E-state index contributed by atoms with van der Waals surface area (Å²) < 4.78 is 0. The molecule has 18 heavy (non-hydrogen) atoms. The molecule has 0 aliphatic carbocycles. The predicted molar refractivity (Wildman–Crippen MR) is 72.3 cm³/mol. The number of nitrogens with zero attached hydrogens (tertiary/aromatic N) is 2. The molecule has 0 spiro atoms. The average molecular weight is 303 g/mol. The van der Waals surface area contributed by atoms with E-state index < -0.39 is 0 Å². The Morgan fingerprint density at radius 3 is 2.67 bits per heavy atom. The van der Waals surface area contributed by atoms with Crippen LogP contribution in [0.2, 0.25) is 10.0 Å². The maximum absolute atomic E-state index is 12.2. The number of hydrogen-bond acceptors (Lipinski definition) is 3. The number of amides is 3. The Morgan fingerprint density at radius 2 is 2.00 bits per heavy atom. The summed E-state index contributed by atoms with van der Waals surface area (Å²) in [5, 5.41) is 0.728. The van der Waals surface area contributed by atoms with E-state index in [2.05, 4.69) is 0 Å². The zero-order valence-electron chi connectivity index (χ0n) is 9.10. The highest BCUT2D eigenvalue weighted by Crippen LogP contribution is 2.34. The second kappa shape index (κ2) is 4.33. The summed E-state index contributed by atoms with van der Waals surface area (Å²) in [4.78, 5) is 27.1. The first-order chi connectivity index (χ1) is 8.59. The molecule has 3 rings (SSSR count). The first-order valence-corrected chi connectivity index (χ1v) is 7.18. The maximum Gasteiger partial charge on any atom is 0.332 e. The van der Waals surface area contributed by atoms with Crippen molar-refractivity contribution in [1.82, 2.24) is 4.90 Å². The fourth-order valence-electron chi connectivity index (χ4n) is 2.07. The normalized spacial score (nSPS) is 22.9. The van der Waals surface area contributed by atoms with Gasteiger partial charge < -0.3 is 4.90 Å². The van der Waals surface area contributed by atoms with Crippen molar-refractivity contribution in [2.24, 2.45) is 0 Å². The van der Waals surface area contributed by atoms with Crippen LogP contribution in [0.25, 0.3) is 0 Å². The predicted octanol–water partition coefficient (Wildman–Crippen LogP) is 2.83. The minimum Gasteiger partial charge on any atom is -0.302 e. The van der Waals surface area contributed by atoms with Gasteiger partial charge in [-0.25, -0.2) is 9.69 Å². The quantitative estimate of drug-likeness (QED) is 0.749. The van der Waals surface area contributed by atoms with Gasteiger partial charge in [-0.05, 0) is 18.2 Å². The molecule has 1 aromatic carbocycles. The lowest BCUT2D eigenvalue weighted by Crippen LogP contribution is -2.32. The highest BCUT2D eigenvalue weighted by atomic mass is 35.5. The smallest absolute Gasteiger partial charge is 0.302 e. The lowest BCUT2D eigenvalue weighted by Gasteiger charge is -2.15. The molecule has 1 aromatic rings. The Morgan fingerprint density at radius 1 is 1.22 bits per heavy atom. The van der Waals surface area contributed by atoms with E-state index in [1.54, 1.807) is 28.8 Å². The molecular formula is C11H8Cl2N2O2S. The van der Waals surface area contributed by atoms with E-state index >= 15 is 0 Å². The molecule has 2 fully saturated rings. The van der Waals surface area contributed by atoms with Gasteiger partial charge in [0.05, 0.1) is 21.6 Å². The van der Waals surface area contributed by atoms with Crippen molar-refractivity contribution in [3.8, 4) is 0 Å². The van der Waals surface area contributed by atoms with Crippen LogP contribution >= 0.6 is 35.0 Å². The first kappa shape index (κ1) is 12.1. The number of thioether (sulfide) groups is 1. The van der Waals surface area contributed by atoms with Gasteiger partial charge in [-0.15, -0.1) is 11.8 Å². The average Bonchev–Trinajstić information content (AvgIpc) is 2.89. The van der Waals surface area contributed by atoms with Crippen LogP contribution in [0.15, 0.2) is 18.2 Å². The molecule has 0 saturated carbocycles. The van der Waals surface area contributed by atoms with Gasteiger partial charge in [0.25, 0.3) is 5.91 Å². The summed E-state index contributed by atoms with van der Waals surface area (Å²) in [5.41, 5.74) is 0.471. The zero-order valence-corrected chi connectivity index (χ0v) is 11.4. The molecule has 0 N–H and O–H groups in total. The van der Waals surface area contributed by atoms with Gasteiger partial charge in [0.1, 0.15) is 6.04 Å². The number of carbonyl (C=O) groups is 2. The Kier molecular flexibility index (Phi) is 2.92. The molecular weight excluding hydrogens is 295 g/mol. The molecule has 0 radical (unpaired) electrons. The Hall–Kier alpha value is -0.910. The van der Waals surface area contributed by atoms with Crippen LogP contribution in [0.5, 0.6) is 0 Å². The lowest BCUT2D eigenvalue weighted by atomic mass is 10.2. The molecule has 2 saturated heterocycles. The van der Waals surface area contributed by atoms with Gasteiger partial charge in [-0.2, -0.15) is 0 Å². The van der Waals surface area contributed by atoms with Crippen molar-refractivity contribution in [3.05, 3.63) is 28.2 Å². The molecule has 0 aromatic heterocycles. The highest BCUT2D eigenvalue weighted by molar-refractivity contribution is 7.99.